The van der Waals surface area contributed by atoms with Gasteiger partial charge in [-0.15, -0.1) is 0 Å². The molecule has 2 aromatic rings. The maximum absolute atomic E-state index is 6.17. The molecule has 0 amide bonds. The van der Waals surface area contributed by atoms with Gasteiger partial charge in [-0.05, 0) is 36.8 Å². The molecular formula is C15H17ClN2O2. The Bertz CT molecular complexity index is 585. The first-order chi connectivity index (χ1) is 9.63. The molecule has 0 saturated heterocycles. The lowest BCUT2D eigenvalue weighted by Gasteiger charge is -2.12. The third-order valence-corrected chi connectivity index (χ3v) is 3.18. The van der Waals surface area contributed by atoms with Crippen LogP contribution in [-0.4, -0.2) is 19.2 Å². The highest BCUT2D eigenvalue weighted by Crippen LogP contribution is 2.36. The molecule has 0 fully saturated rings. The van der Waals surface area contributed by atoms with Crippen LogP contribution in [0.15, 0.2) is 30.5 Å². The average Bonchev–Trinajstić information content (AvgIpc) is 2.46. The molecular weight excluding hydrogens is 276 g/mol. The summed E-state index contributed by atoms with van der Waals surface area (Å²) >= 11 is 6.17. The van der Waals surface area contributed by atoms with Crippen LogP contribution in [0.1, 0.15) is 11.3 Å². The number of ether oxygens (including phenoxy) is 2. The van der Waals surface area contributed by atoms with E-state index in [1.807, 2.05) is 31.2 Å². The van der Waals surface area contributed by atoms with Crippen LogP contribution >= 0.6 is 11.6 Å². The number of hydrogen-bond acceptors (Lipinski definition) is 4. The summed E-state index contributed by atoms with van der Waals surface area (Å²) < 4.78 is 10.5. The van der Waals surface area contributed by atoms with Crippen LogP contribution in [0, 0.1) is 6.92 Å². The maximum atomic E-state index is 6.17. The smallest absolute Gasteiger partial charge is 0.179 e. The molecule has 20 heavy (non-hydrogen) atoms. The Morgan fingerprint density at radius 2 is 2.00 bits per heavy atom. The van der Waals surface area contributed by atoms with E-state index in [1.54, 1.807) is 20.4 Å². The van der Waals surface area contributed by atoms with Crippen LogP contribution in [0.4, 0.5) is 5.69 Å². The molecule has 1 aromatic heterocycles. The maximum Gasteiger partial charge on any atom is 0.179 e. The molecule has 1 N–H and O–H groups in total. The van der Waals surface area contributed by atoms with Crippen LogP contribution < -0.4 is 14.8 Å². The molecule has 0 unspecified atom stereocenters. The van der Waals surface area contributed by atoms with Gasteiger partial charge in [-0.1, -0.05) is 11.6 Å². The van der Waals surface area contributed by atoms with Crippen molar-refractivity contribution < 1.29 is 9.47 Å². The average molecular weight is 293 g/mol. The Balaban J connectivity index is 2.13. The Labute approximate surface area is 123 Å². The molecule has 2 rings (SSSR count). The highest BCUT2D eigenvalue weighted by Gasteiger charge is 2.10. The number of halogens is 1. The van der Waals surface area contributed by atoms with E-state index in [1.165, 1.54) is 0 Å². The first-order valence-corrected chi connectivity index (χ1v) is 6.58. The SMILES string of the molecule is COc1cc(CNc2ccc(C)nc2)cc(Cl)c1OC. The van der Waals surface area contributed by atoms with Crippen molar-refractivity contribution in [2.75, 3.05) is 19.5 Å². The summed E-state index contributed by atoms with van der Waals surface area (Å²) in [7, 11) is 3.16. The Hall–Kier alpha value is -1.94. The molecule has 1 heterocycles. The van der Waals surface area contributed by atoms with Gasteiger partial charge in [0.2, 0.25) is 0 Å². The summed E-state index contributed by atoms with van der Waals surface area (Å²) in [4.78, 5) is 4.24. The molecule has 0 atom stereocenters. The topological polar surface area (TPSA) is 43.4 Å². The summed E-state index contributed by atoms with van der Waals surface area (Å²) in [6, 6.07) is 7.71. The van der Waals surface area contributed by atoms with Crippen LogP contribution in [-0.2, 0) is 6.54 Å². The largest absolute Gasteiger partial charge is 0.493 e. The van der Waals surface area contributed by atoms with Crippen molar-refractivity contribution in [2.45, 2.75) is 13.5 Å². The van der Waals surface area contributed by atoms with Crippen molar-refractivity contribution in [3.05, 3.63) is 46.7 Å². The van der Waals surface area contributed by atoms with Crippen LogP contribution in [0.3, 0.4) is 0 Å². The minimum Gasteiger partial charge on any atom is -0.493 e. The van der Waals surface area contributed by atoms with Gasteiger partial charge in [0, 0.05) is 12.2 Å². The van der Waals surface area contributed by atoms with Crippen molar-refractivity contribution in [3.8, 4) is 11.5 Å². The van der Waals surface area contributed by atoms with Crippen LogP contribution in [0.2, 0.25) is 5.02 Å². The molecule has 1 aromatic carbocycles. The van der Waals surface area contributed by atoms with Gasteiger partial charge in [-0.3, -0.25) is 4.98 Å². The van der Waals surface area contributed by atoms with Gasteiger partial charge in [0.05, 0.1) is 31.1 Å². The standard InChI is InChI=1S/C15H17ClN2O2/c1-10-4-5-12(9-17-10)18-8-11-6-13(16)15(20-3)14(7-11)19-2/h4-7,9,18H,8H2,1-3H3. The zero-order valence-electron chi connectivity index (χ0n) is 11.7. The minimum atomic E-state index is 0.533. The fraction of sp³-hybridized carbons (Fsp3) is 0.267. The van der Waals surface area contributed by atoms with Crippen LogP contribution in [0.5, 0.6) is 11.5 Å². The van der Waals surface area contributed by atoms with Gasteiger partial charge < -0.3 is 14.8 Å². The monoisotopic (exact) mass is 292 g/mol. The second-order valence-corrected chi connectivity index (χ2v) is 4.76. The third-order valence-electron chi connectivity index (χ3n) is 2.90. The van der Waals surface area contributed by atoms with E-state index in [0.717, 1.165) is 16.9 Å². The minimum absolute atomic E-state index is 0.533. The Morgan fingerprint density at radius 1 is 1.20 bits per heavy atom. The molecule has 0 spiro atoms. The van der Waals surface area contributed by atoms with E-state index < -0.39 is 0 Å². The second kappa shape index (κ2) is 6.48. The van der Waals surface area contributed by atoms with E-state index in [4.69, 9.17) is 21.1 Å². The van der Waals surface area contributed by atoms with Crippen molar-refractivity contribution >= 4 is 17.3 Å². The molecule has 0 aliphatic rings. The molecule has 4 nitrogen and oxygen atoms in total. The van der Waals surface area contributed by atoms with Gasteiger partial charge in [-0.2, -0.15) is 0 Å². The van der Waals surface area contributed by atoms with E-state index in [2.05, 4.69) is 10.3 Å². The molecule has 0 bridgehead atoms. The second-order valence-electron chi connectivity index (χ2n) is 4.35. The molecule has 0 radical (unpaired) electrons. The number of methoxy groups -OCH3 is 2. The van der Waals surface area contributed by atoms with Gasteiger partial charge in [0.25, 0.3) is 0 Å². The highest BCUT2D eigenvalue weighted by atomic mass is 35.5. The van der Waals surface area contributed by atoms with Crippen molar-refractivity contribution in [3.63, 3.8) is 0 Å². The molecule has 5 heteroatoms. The van der Waals surface area contributed by atoms with Gasteiger partial charge in [-0.25, -0.2) is 0 Å². The lowest BCUT2D eigenvalue weighted by Crippen LogP contribution is -2.01. The van der Waals surface area contributed by atoms with Gasteiger partial charge in [0.1, 0.15) is 0 Å². The summed E-state index contributed by atoms with van der Waals surface area (Å²) in [6.07, 6.45) is 1.80. The van der Waals surface area contributed by atoms with Crippen molar-refractivity contribution in [1.82, 2.24) is 4.98 Å². The van der Waals surface area contributed by atoms with Crippen molar-refractivity contribution in [1.29, 1.82) is 0 Å². The number of nitrogens with one attached hydrogen (secondary N) is 1. The quantitative estimate of drug-likeness (QED) is 0.913. The summed E-state index contributed by atoms with van der Waals surface area (Å²) in [5.41, 5.74) is 2.96. The zero-order valence-corrected chi connectivity index (χ0v) is 12.5. The fourth-order valence-electron chi connectivity index (χ4n) is 1.85. The van der Waals surface area contributed by atoms with Gasteiger partial charge in [0.15, 0.2) is 11.5 Å². The van der Waals surface area contributed by atoms with E-state index in [0.29, 0.717) is 23.1 Å². The number of hydrogen-bond donors (Lipinski definition) is 1. The summed E-state index contributed by atoms with van der Waals surface area (Å²) in [5.74, 6) is 1.17. The number of benzene rings is 1. The fourth-order valence-corrected chi connectivity index (χ4v) is 2.16. The number of rotatable bonds is 5. The normalized spacial score (nSPS) is 10.2. The Kier molecular flexibility index (Phi) is 4.69. The molecule has 0 aliphatic heterocycles. The third kappa shape index (κ3) is 3.33. The Morgan fingerprint density at radius 3 is 2.60 bits per heavy atom. The predicted octanol–water partition coefficient (Wildman–Crippen LogP) is 3.67. The lowest BCUT2D eigenvalue weighted by atomic mass is 10.2. The number of pyridine rings is 1. The molecule has 0 aliphatic carbocycles. The summed E-state index contributed by atoms with van der Waals surface area (Å²) in [5, 5.41) is 3.82. The van der Waals surface area contributed by atoms with E-state index in [9.17, 15) is 0 Å². The van der Waals surface area contributed by atoms with E-state index in [-0.39, 0.29) is 0 Å². The van der Waals surface area contributed by atoms with Crippen molar-refractivity contribution in [2.24, 2.45) is 0 Å². The number of nitrogens with zero attached hydrogens (tertiary/aromatic N) is 1. The number of anilines is 1. The summed E-state index contributed by atoms with van der Waals surface area (Å²) in [6.45, 7) is 2.59. The first-order valence-electron chi connectivity index (χ1n) is 6.21. The number of aromatic nitrogens is 1. The molecule has 0 saturated carbocycles. The first kappa shape index (κ1) is 14.5. The van der Waals surface area contributed by atoms with Crippen LogP contribution in [0.25, 0.3) is 0 Å². The number of aryl methyl sites for hydroxylation is 1. The molecule has 106 valence electrons. The lowest BCUT2D eigenvalue weighted by molar-refractivity contribution is 0.355. The predicted molar refractivity (Wildman–Crippen MR) is 80.9 cm³/mol. The van der Waals surface area contributed by atoms with Gasteiger partial charge >= 0.3 is 0 Å². The zero-order chi connectivity index (χ0) is 14.5. The van der Waals surface area contributed by atoms with E-state index >= 15 is 0 Å². The highest BCUT2D eigenvalue weighted by molar-refractivity contribution is 6.32.